The van der Waals surface area contributed by atoms with Crippen LogP contribution in [0.15, 0.2) is 22.8 Å². The van der Waals surface area contributed by atoms with Crippen molar-refractivity contribution in [3.8, 4) is 0 Å². The van der Waals surface area contributed by atoms with Crippen LogP contribution in [0.5, 0.6) is 0 Å². The largest absolute Gasteiger partial charge is 0.468 e. The van der Waals surface area contributed by atoms with Crippen LogP contribution in [0, 0.1) is 17.3 Å². The number of rotatable bonds is 2. The molecule has 3 fully saturated rings. The van der Waals surface area contributed by atoms with Gasteiger partial charge in [-0.15, -0.1) is 0 Å². The van der Waals surface area contributed by atoms with Gasteiger partial charge in [-0.1, -0.05) is 19.1 Å². The van der Waals surface area contributed by atoms with E-state index in [9.17, 15) is 9.59 Å². The Bertz CT molecular complexity index is 810. The maximum Gasteiger partial charge on any atom is 0.257 e. The van der Waals surface area contributed by atoms with Crippen molar-refractivity contribution >= 4 is 11.8 Å². The van der Waals surface area contributed by atoms with Crippen molar-refractivity contribution in [2.45, 2.75) is 39.0 Å². The van der Waals surface area contributed by atoms with Crippen LogP contribution < -0.4 is 0 Å². The molecule has 138 valence electrons. The molecule has 2 amide bonds. The molecule has 3 heterocycles. The molecule has 0 N–H and O–H groups in total. The summed E-state index contributed by atoms with van der Waals surface area (Å²) in [6, 6.07) is 0. The number of furan rings is 1. The molecule has 5 nitrogen and oxygen atoms in total. The first kappa shape index (κ1) is 16.2. The summed E-state index contributed by atoms with van der Waals surface area (Å²) in [7, 11) is 0. The van der Waals surface area contributed by atoms with Crippen LogP contribution >= 0.6 is 0 Å². The molecule has 1 unspecified atom stereocenters. The molecule has 2 saturated heterocycles. The maximum absolute atomic E-state index is 13.1. The van der Waals surface area contributed by atoms with E-state index >= 15 is 0 Å². The van der Waals surface area contributed by atoms with Gasteiger partial charge in [0, 0.05) is 49.5 Å². The number of hydrogen-bond acceptors (Lipinski definition) is 3. The first-order valence-corrected chi connectivity index (χ1v) is 9.81. The summed E-state index contributed by atoms with van der Waals surface area (Å²) in [6.45, 7) is 9.14. The highest BCUT2D eigenvalue weighted by Crippen LogP contribution is 2.45. The molecule has 2 aliphatic heterocycles. The highest BCUT2D eigenvalue weighted by Gasteiger charge is 2.53. The molecule has 4 aliphatic rings. The Morgan fingerprint density at radius 2 is 1.88 bits per heavy atom. The van der Waals surface area contributed by atoms with Crippen molar-refractivity contribution < 1.29 is 14.0 Å². The fourth-order valence-electron chi connectivity index (χ4n) is 5.19. The van der Waals surface area contributed by atoms with Crippen LogP contribution in [-0.4, -0.2) is 47.8 Å². The van der Waals surface area contributed by atoms with E-state index in [0.29, 0.717) is 5.92 Å². The maximum atomic E-state index is 13.1. The highest BCUT2D eigenvalue weighted by molar-refractivity contribution is 5.96. The molecule has 5 heteroatoms. The van der Waals surface area contributed by atoms with Gasteiger partial charge in [0.2, 0.25) is 5.91 Å². The lowest BCUT2D eigenvalue weighted by molar-refractivity contribution is -0.131. The predicted molar refractivity (Wildman–Crippen MR) is 96.7 cm³/mol. The van der Waals surface area contributed by atoms with Crippen LogP contribution in [0.2, 0.25) is 0 Å². The van der Waals surface area contributed by atoms with Gasteiger partial charge in [-0.2, -0.15) is 0 Å². The first-order valence-electron chi connectivity index (χ1n) is 9.81. The standard InChI is InChI=1S/C21H26N2O3/c1-13-7-16(13)19(24)22-8-14-9-23(12-21(14,2)11-22)20(25)17-10-26-18-6-4-3-5-15(17)18/h10,14,16H,1,3-9,11-12H2,2H3/t14-,16?,21+/m0/s1. The third kappa shape index (κ3) is 2.36. The number of fused-ring (bicyclic) bond motifs is 2. The van der Waals surface area contributed by atoms with Crippen molar-refractivity contribution in [3.05, 3.63) is 35.3 Å². The molecular formula is C21H26N2O3. The van der Waals surface area contributed by atoms with E-state index in [2.05, 4.69) is 13.5 Å². The molecule has 3 atom stereocenters. The first-order chi connectivity index (χ1) is 12.5. The van der Waals surface area contributed by atoms with Crippen LogP contribution in [0.1, 0.15) is 47.9 Å². The zero-order valence-electron chi connectivity index (χ0n) is 15.4. The summed E-state index contributed by atoms with van der Waals surface area (Å²) in [5.74, 6) is 1.79. The molecule has 0 aromatic carbocycles. The van der Waals surface area contributed by atoms with Gasteiger partial charge in [0.1, 0.15) is 12.0 Å². The molecule has 5 rings (SSSR count). The van der Waals surface area contributed by atoms with Crippen LogP contribution in [0.25, 0.3) is 0 Å². The number of nitrogens with zero attached hydrogens (tertiary/aromatic N) is 2. The molecular weight excluding hydrogens is 328 g/mol. The minimum Gasteiger partial charge on any atom is -0.468 e. The third-order valence-corrected chi connectivity index (χ3v) is 6.96. The number of carbonyl (C=O) groups excluding carboxylic acids is 2. The van der Waals surface area contributed by atoms with E-state index in [0.717, 1.165) is 80.7 Å². The summed E-state index contributed by atoms with van der Waals surface area (Å²) in [5, 5.41) is 0. The molecule has 2 aliphatic carbocycles. The minimum absolute atomic E-state index is 0.00530. The highest BCUT2D eigenvalue weighted by atomic mass is 16.3. The lowest BCUT2D eigenvalue weighted by Gasteiger charge is -2.25. The molecule has 1 aromatic heterocycles. The van der Waals surface area contributed by atoms with Gasteiger partial charge in [-0.25, -0.2) is 0 Å². The molecule has 0 bridgehead atoms. The second-order valence-corrected chi connectivity index (χ2v) is 8.93. The zero-order chi connectivity index (χ0) is 18.1. The smallest absolute Gasteiger partial charge is 0.257 e. The fourth-order valence-corrected chi connectivity index (χ4v) is 5.19. The SMILES string of the molecule is C=C1CC1C(=O)N1C[C@H]2CN(C(=O)c3coc4c3CCCC4)C[C@@]2(C)C1. The summed E-state index contributed by atoms with van der Waals surface area (Å²) in [5.41, 5.74) is 2.97. The van der Waals surface area contributed by atoms with Gasteiger partial charge in [0.25, 0.3) is 5.91 Å². The van der Waals surface area contributed by atoms with E-state index < -0.39 is 0 Å². The lowest BCUT2D eigenvalue weighted by atomic mass is 9.83. The van der Waals surface area contributed by atoms with E-state index in [1.54, 1.807) is 6.26 Å². The van der Waals surface area contributed by atoms with Gasteiger partial charge < -0.3 is 14.2 Å². The number of likely N-dealkylation sites (tertiary alicyclic amines) is 2. The Balaban J connectivity index is 1.30. The van der Waals surface area contributed by atoms with Gasteiger partial charge in [-0.3, -0.25) is 9.59 Å². The topological polar surface area (TPSA) is 53.8 Å². The second kappa shape index (κ2) is 5.48. The Kier molecular flexibility index (Phi) is 3.40. The monoisotopic (exact) mass is 354 g/mol. The van der Waals surface area contributed by atoms with Crippen LogP contribution in [-0.2, 0) is 17.6 Å². The summed E-state index contributed by atoms with van der Waals surface area (Å²) < 4.78 is 5.67. The normalized spacial score (nSPS) is 32.6. The van der Waals surface area contributed by atoms with E-state index in [-0.39, 0.29) is 23.1 Å². The van der Waals surface area contributed by atoms with E-state index in [1.165, 1.54) is 0 Å². The fraction of sp³-hybridized carbons (Fsp3) is 0.619. The van der Waals surface area contributed by atoms with Crippen molar-refractivity contribution in [3.63, 3.8) is 0 Å². The Labute approximate surface area is 154 Å². The Hall–Kier alpha value is -2.04. The molecule has 0 spiro atoms. The number of aryl methyl sites for hydroxylation is 1. The van der Waals surface area contributed by atoms with Gasteiger partial charge in [0.15, 0.2) is 0 Å². The van der Waals surface area contributed by atoms with Gasteiger partial charge >= 0.3 is 0 Å². The van der Waals surface area contributed by atoms with E-state index in [4.69, 9.17) is 4.42 Å². The van der Waals surface area contributed by atoms with Crippen molar-refractivity contribution in [2.24, 2.45) is 17.3 Å². The molecule has 26 heavy (non-hydrogen) atoms. The van der Waals surface area contributed by atoms with Gasteiger partial charge in [-0.05, 0) is 25.7 Å². The predicted octanol–water partition coefficient (Wildman–Crippen LogP) is 2.66. The molecule has 1 saturated carbocycles. The summed E-state index contributed by atoms with van der Waals surface area (Å²) in [4.78, 5) is 29.6. The number of hydrogen-bond donors (Lipinski definition) is 0. The lowest BCUT2D eigenvalue weighted by Crippen LogP contribution is -2.38. The average molecular weight is 354 g/mol. The number of carbonyl (C=O) groups is 2. The Morgan fingerprint density at radius 1 is 1.19 bits per heavy atom. The molecule has 0 radical (unpaired) electrons. The van der Waals surface area contributed by atoms with Crippen molar-refractivity contribution in [1.82, 2.24) is 9.80 Å². The number of amides is 2. The van der Waals surface area contributed by atoms with Crippen molar-refractivity contribution in [2.75, 3.05) is 26.2 Å². The van der Waals surface area contributed by atoms with E-state index in [1.807, 2.05) is 9.80 Å². The Morgan fingerprint density at radius 3 is 2.62 bits per heavy atom. The van der Waals surface area contributed by atoms with Crippen LogP contribution in [0.3, 0.4) is 0 Å². The summed E-state index contributed by atoms with van der Waals surface area (Å²) >= 11 is 0. The summed E-state index contributed by atoms with van der Waals surface area (Å²) in [6.07, 6.45) is 6.71. The zero-order valence-corrected chi connectivity index (χ0v) is 15.4. The van der Waals surface area contributed by atoms with Gasteiger partial charge in [0.05, 0.1) is 11.5 Å². The third-order valence-electron chi connectivity index (χ3n) is 6.96. The quantitative estimate of drug-likeness (QED) is 0.767. The minimum atomic E-state index is 0.00530. The molecule has 1 aromatic rings. The second-order valence-electron chi connectivity index (χ2n) is 8.93. The van der Waals surface area contributed by atoms with Crippen LogP contribution in [0.4, 0.5) is 0 Å². The average Bonchev–Trinajstić information content (AvgIpc) is 2.95. The van der Waals surface area contributed by atoms with Crippen molar-refractivity contribution in [1.29, 1.82) is 0 Å².